The number of aromatic nitrogens is 2. The van der Waals surface area contributed by atoms with Crippen molar-refractivity contribution in [3.8, 4) is 0 Å². The van der Waals surface area contributed by atoms with Crippen molar-refractivity contribution in [2.45, 2.75) is 6.54 Å². The number of hydrogen-bond acceptors (Lipinski definition) is 3. The van der Waals surface area contributed by atoms with E-state index >= 15 is 0 Å². The lowest BCUT2D eigenvalue weighted by Gasteiger charge is -2.08. The highest BCUT2D eigenvalue weighted by Crippen LogP contribution is 2.18. The Labute approximate surface area is 133 Å². The molecule has 0 aliphatic rings. The highest BCUT2D eigenvalue weighted by Gasteiger charge is 2.10. The fourth-order valence-electron chi connectivity index (χ4n) is 2.07. The third-order valence-electron chi connectivity index (χ3n) is 3.13. The van der Waals surface area contributed by atoms with Crippen molar-refractivity contribution in [1.82, 2.24) is 9.38 Å². The molecule has 0 saturated heterocycles. The molecule has 3 rings (SSSR count). The molecule has 1 aromatic carbocycles. The number of benzene rings is 1. The summed E-state index contributed by atoms with van der Waals surface area (Å²) >= 11 is 5.81. The Bertz CT molecular complexity index is 935. The maximum Gasteiger partial charge on any atom is 0.258 e. The SMILES string of the molecule is O=c1cc(CNc2cc(F)c(F)c(F)c2)nc2ccc(Cl)cn12. The van der Waals surface area contributed by atoms with Crippen LogP contribution < -0.4 is 10.9 Å². The summed E-state index contributed by atoms with van der Waals surface area (Å²) < 4.78 is 40.4. The Morgan fingerprint density at radius 1 is 1.13 bits per heavy atom. The summed E-state index contributed by atoms with van der Waals surface area (Å²) in [6.07, 6.45) is 1.44. The topological polar surface area (TPSA) is 46.4 Å². The largest absolute Gasteiger partial charge is 0.379 e. The van der Waals surface area contributed by atoms with E-state index in [1.54, 1.807) is 12.1 Å². The average molecular weight is 340 g/mol. The van der Waals surface area contributed by atoms with Gasteiger partial charge in [0, 0.05) is 30.1 Å². The van der Waals surface area contributed by atoms with Gasteiger partial charge in [0.2, 0.25) is 0 Å². The van der Waals surface area contributed by atoms with Crippen LogP contribution in [0.1, 0.15) is 5.69 Å². The summed E-state index contributed by atoms with van der Waals surface area (Å²) in [5.74, 6) is -4.13. The van der Waals surface area contributed by atoms with E-state index in [-0.39, 0.29) is 17.8 Å². The second-order valence-electron chi connectivity index (χ2n) is 4.77. The molecule has 0 aliphatic heterocycles. The van der Waals surface area contributed by atoms with Gasteiger partial charge in [-0.25, -0.2) is 18.2 Å². The van der Waals surface area contributed by atoms with Gasteiger partial charge in [0.05, 0.1) is 17.3 Å². The molecule has 23 heavy (non-hydrogen) atoms. The van der Waals surface area contributed by atoms with Crippen LogP contribution in [-0.4, -0.2) is 9.38 Å². The van der Waals surface area contributed by atoms with Crippen molar-refractivity contribution >= 4 is 22.9 Å². The lowest BCUT2D eigenvalue weighted by Crippen LogP contribution is -2.16. The van der Waals surface area contributed by atoms with E-state index in [1.165, 1.54) is 16.7 Å². The Morgan fingerprint density at radius 3 is 2.52 bits per heavy atom. The van der Waals surface area contributed by atoms with E-state index in [0.717, 1.165) is 12.1 Å². The van der Waals surface area contributed by atoms with E-state index in [9.17, 15) is 18.0 Å². The van der Waals surface area contributed by atoms with Gasteiger partial charge in [-0.1, -0.05) is 11.6 Å². The molecule has 0 atom stereocenters. The van der Waals surface area contributed by atoms with Crippen molar-refractivity contribution in [2.24, 2.45) is 0 Å². The first-order chi connectivity index (χ1) is 10.9. The summed E-state index contributed by atoms with van der Waals surface area (Å²) in [4.78, 5) is 16.2. The smallest absolute Gasteiger partial charge is 0.258 e. The van der Waals surface area contributed by atoms with E-state index in [2.05, 4.69) is 10.3 Å². The van der Waals surface area contributed by atoms with E-state index in [1.807, 2.05) is 0 Å². The molecule has 0 spiro atoms. The van der Waals surface area contributed by atoms with Crippen molar-refractivity contribution in [1.29, 1.82) is 0 Å². The maximum absolute atomic E-state index is 13.1. The molecule has 8 heteroatoms. The Hall–Kier alpha value is -2.54. The van der Waals surface area contributed by atoms with Gasteiger partial charge in [0.25, 0.3) is 5.56 Å². The molecule has 0 radical (unpaired) electrons. The van der Waals surface area contributed by atoms with Crippen LogP contribution in [0.2, 0.25) is 5.02 Å². The molecule has 2 aromatic heterocycles. The second-order valence-corrected chi connectivity index (χ2v) is 5.21. The number of hydrogen-bond donors (Lipinski definition) is 1. The lowest BCUT2D eigenvalue weighted by molar-refractivity contribution is 0.447. The first kappa shape index (κ1) is 15.4. The monoisotopic (exact) mass is 339 g/mol. The van der Waals surface area contributed by atoms with Gasteiger partial charge >= 0.3 is 0 Å². The van der Waals surface area contributed by atoms with Gasteiger partial charge in [-0.2, -0.15) is 0 Å². The zero-order valence-corrected chi connectivity index (χ0v) is 12.2. The van der Waals surface area contributed by atoms with Crippen LogP contribution >= 0.6 is 11.6 Å². The number of anilines is 1. The van der Waals surface area contributed by atoms with Crippen LogP contribution in [0.3, 0.4) is 0 Å². The third kappa shape index (κ3) is 3.14. The Kier molecular flexibility index (Phi) is 3.96. The minimum atomic E-state index is -1.53. The Balaban J connectivity index is 1.88. The minimum absolute atomic E-state index is 0.0406. The number of fused-ring (bicyclic) bond motifs is 1. The predicted molar refractivity (Wildman–Crippen MR) is 80.1 cm³/mol. The van der Waals surface area contributed by atoms with Crippen LogP contribution in [0.4, 0.5) is 18.9 Å². The van der Waals surface area contributed by atoms with Crippen molar-refractivity contribution in [3.63, 3.8) is 0 Å². The number of halogens is 4. The van der Waals surface area contributed by atoms with Crippen molar-refractivity contribution in [3.05, 3.63) is 75.1 Å². The Morgan fingerprint density at radius 2 is 1.83 bits per heavy atom. The molecule has 0 fully saturated rings. The summed E-state index contributed by atoms with van der Waals surface area (Å²) in [6, 6.07) is 6.08. The fourth-order valence-corrected chi connectivity index (χ4v) is 2.23. The van der Waals surface area contributed by atoms with Crippen LogP contribution in [-0.2, 0) is 6.54 Å². The quantitative estimate of drug-likeness (QED) is 0.744. The lowest BCUT2D eigenvalue weighted by atomic mass is 10.2. The highest BCUT2D eigenvalue weighted by molar-refractivity contribution is 6.30. The normalized spacial score (nSPS) is 11.0. The number of pyridine rings is 1. The molecule has 0 unspecified atom stereocenters. The molecule has 0 amide bonds. The van der Waals surface area contributed by atoms with Gasteiger partial charge < -0.3 is 5.32 Å². The van der Waals surface area contributed by atoms with Gasteiger partial charge in [-0.3, -0.25) is 9.20 Å². The summed E-state index contributed by atoms with van der Waals surface area (Å²) in [5.41, 5.74) is 0.447. The van der Waals surface area contributed by atoms with Gasteiger partial charge in [-0.05, 0) is 12.1 Å². The van der Waals surface area contributed by atoms with E-state index < -0.39 is 17.5 Å². The molecule has 0 saturated carbocycles. The van der Waals surface area contributed by atoms with E-state index in [0.29, 0.717) is 16.4 Å². The average Bonchev–Trinajstić information content (AvgIpc) is 2.51. The van der Waals surface area contributed by atoms with Gasteiger partial charge in [-0.15, -0.1) is 0 Å². The molecule has 0 aliphatic carbocycles. The molecule has 2 heterocycles. The second kappa shape index (κ2) is 5.92. The fraction of sp³-hybridized carbons (Fsp3) is 0.0667. The third-order valence-corrected chi connectivity index (χ3v) is 3.36. The molecular formula is C15H9ClF3N3O. The van der Waals surface area contributed by atoms with Crippen LogP contribution in [0.15, 0.2) is 41.3 Å². The predicted octanol–water partition coefficient (Wildman–Crippen LogP) is 3.38. The summed E-state index contributed by atoms with van der Waals surface area (Å²) in [6.45, 7) is 0.0406. The molecule has 1 N–H and O–H groups in total. The van der Waals surface area contributed by atoms with Crippen LogP contribution in [0.5, 0.6) is 0 Å². The van der Waals surface area contributed by atoms with Gasteiger partial charge in [0.15, 0.2) is 17.5 Å². The molecule has 118 valence electrons. The van der Waals surface area contributed by atoms with E-state index in [4.69, 9.17) is 11.6 Å². The van der Waals surface area contributed by atoms with Crippen molar-refractivity contribution in [2.75, 3.05) is 5.32 Å². The molecule has 3 aromatic rings. The van der Waals surface area contributed by atoms with Crippen LogP contribution in [0, 0.1) is 17.5 Å². The molecule has 4 nitrogen and oxygen atoms in total. The maximum atomic E-state index is 13.1. The number of nitrogens with zero attached hydrogens (tertiary/aromatic N) is 2. The number of nitrogens with one attached hydrogen (secondary N) is 1. The molecule has 0 bridgehead atoms. The first-order valence-electron chi connectivity index (χ1n) is 6.50. The first-order valence-corrected chi connectivity index (χ1v) is 6.88. The summed E-state index contributed by atoms with van der Waals surface area (Å²) in [7, 11) is 0. The minimum Gasteiger partial charge on any atom is -0.379 e. The highest BCUT2D eigenvalue weighted by atomic mass is 35.5. The standard InChI is InChI=1S/C15H9ClF3N3O/c16-8-1-2-13-21-10(5-14(23)22(13)7-8)6-20-9-3-11(17)15(19)12(18)4-9/h1-5,7,20H,6H2. The van der Waals surface area contributed by atoms with Crippen molar-refractivity contribution < 1.29 is 13.2 Å². The molecular weight excluding hydrogens is 331 g/mol. The summed E-state index contributed by atoms with van der Waals surface area (Å²) in [5, 5.41) is 3.08. The van der Waals surface area contributed by atoms with Crippen LogP contribution in [0.25, 0.3) is 5.65 Å². The number of rotatable bonds is 3. The zero-order valence-electron chi connectivity index (χ0n) is 11.5. The zero-order chi connectivity index (χ0) is 16.6. The van der Waals surface area contributed by atoms with Gasteiger partial charge in [0.1, 0.15) is 5.65 Å².